The first-order chi connectivity index (χ1) is 8.10. The van der Waals surface area contributed by atoms with E-state index in [1.54, 1.807) is 13.8 Å². The summed E-state index contributed by atoms with van der Waals surface area (Å²) in [7, 11) is 0. The zero-order valence-corrected chi connectivity index (χ0v) is 11.2. The van der Waals surface area contributed by atoms with E-state index in [1.807, 2.05) is 0 Å². The van der Waals surface area contributed by atoms with Crippen LogP contribution in [0.3, 0.4) is 0 Å². The molecule has 1 unspecified atom stereocenters. The van der Waals surface area contributed by atoms with Crippen molar-refractivity contribution < 1.29 is 24.2 Å². The third kappa shape index (κ3) is 3.93. The van der Waals surface area contributed by atoms with E-state index in [-0.39, 0.29) is 18.8 Å². The number of aliphatic hydroxyl groups is 1. The van der Waals surface area contributed by atoms with Crippen LogP contribution in [-0.4, -0.2) is 41.4 Å². The Bertz CT molecular complexity index is 320. The number of carbonyl (C=O) groups is 2. The van der Waals surface area contributed by atoms with Gasteiger partial charge < -0.3 is 14.6 Å². The number of ether oxygens (including phenoxy) is 2. The summed E-state index contributed by atoms with van der Waals surface area (Å²) >= 11 is 2.34. The molecule has 1 saturated heterocycles. The van der Waals surface area contributed by atoms with Gasteiger partial charge in [-0.25, -0.2) is 9.59 Å². The molecule has 0 aliphatic carbocycles. The number of hydrogen-bond donors (Lipinski definition) is 1. The lowest BCUT2D eigenvalue weighted by Gasteiger charge is -2.08. The Kier molecular flexibility index (Phi) is 5.87. The number of thioether (sulfide) groups is 2. The third-order valence-corrected chi connectivity index (χ3v) is 4.42. The van der Waals surface area contributed by atoms with Crippen LogP contribution in [0.5, 0.6) is 0 Å². The summed E-state index contributed by atoms with van der Waals surface area (Å²) in [5.74, 6) is -0.951. The van der Waals surface area contributed by atoms with Crippen LogP contribution in [0.25, 0.3) is 0 Å². The molecule has 1 fully saturated rings. The molecule has 1 aliphatic rings. The molecular formula is C10H14O5S2. The second-order valence-electron chi connectivity index (χ2n) is 2.99. The Morgan fingerprint density at radius 3 is 2.18 bits per heavy atom. The molecule has 7 heteroatoms. The molecule has 0 aromatic rings. The van der Waals surface area contributed by atoms with E-state index >= 15 is 0 Å². The van der Waals surface area contributed by atoms with Crippen LogP contribution < -0.4 is 0 Å². The topological polar surface area (TPSA) is 72.8 Å². The minimum Gasteiger partial charge on any atom is -0.462 e. The average molecular weight is 278 g/mol. The molecule has 0 aromatic heterocycles. The lowest BCUT2D eigenvalue weighted by molar-refractivity contribution is -0.146. The Morgan fingerprint density at radius 2 is 1.82 bits per heavy atom. The summed E-state index contributed by atoms with van der Waals surface area (Å²) in [5.41, 5.74) is -0.714. The van der Waals surface area contributed by atoms with Crippen molar-refractivity contribution in [1.29, 1.82) is 0 Å². The first-order valence-corrected chi connectivity index (χ1v) is 7.02. The summed E-state index contributed by atoms with van der Waals surface area (Å²) in [4.78, 5) is 23.3. The summed E-state index contributed by atoms with van der Waals surface area (Å²) in [5, 5.41) is 9.38. The molecule has 17 heavy (non-hydrogen) atoms. The number of rotatable bonds is 4. The summed E-state index contributed by atoms with van der Waals surface area (Å²) in [6.07, 6.45) is 0. The van der Waals surface area contributed by atoms with E-state index in [2.05, 4.69) is 0 Å². The van der Waals surface area contributed by atoms with Crippen molar-refractivity contribution in [3.8, 4) is 0 Å². The van der Waals surface area contributed by atoms with Crippen molar-refractivity contribution in [2.24, 2.45) is 0 Å². The normalized spacial score (nSPS) is 19.0. The molecule has 1 heterocycles. The zero-order valence-electron chi connectivity index (χ0n) is 9.60. The highest BCUT2D eigenvalue weighted by Gasteiger charge is 2.31. The highest BCUT2D eigenvalue weighted by atomic mass is 32.2. The standard InChI is InChI=1S/C10H14O5S2/c1-3-14-8(12)7(9(13)15-4-2)10-16-5-6(11)17-10/h6,11H,3-5H2,1-2H3. The predicted molar refractivity (Wildman–Crippen MR) is 66.3 cm³/mol. The maximum atomic E-state index is 11.7. The minimum atomic E-state index is -0.699. The fourth-order valence-corrected chi connectivity index (χ4v) is 3.55. The molecule has 0 aromatic carbocycles. The van der Waals surface area contributed by atoms with Crippen LogP contribution in [0.4, 0.5) is 0 Å². The fourth-order valence-electron chi connectivity index (χ4n) is 1.13. The van der Waals surface area contributed by atoms with Crippen molar-refractivity contribution in [2.75, 3.05) is 19.0 Å². The van der Waals surface area contributed by atoms with Gasteiger partial charge in [-0.1, -0.05) is 11.8 Å². The average Bonchev–Trinajstić information content (AvgIpc) is 2.66. The Labute approximate surface area is 108 Å². The van der Waals surface area contributed by atoms with Crippen molar-refractivity contribution in [1.82, 2.24) is 0 Å². The van der Waals surface area contributed by atoms with Gasteiger partial charge in [-0.05, 0) is 13.8 Å². The van der Waals surface area contributed by atoms with Crippen molar-refractivity contribution in [2.45, 2.75) is 19.3 Å². The van der Waals surface area contributed by atoms with Crippen LogP contribution in [-0.2, 0) is 19.1 Å². The molecule has 0 saturated carbocycles. The second kappa shape index (κ2) is 6.93. The number of esters is 2. The Hall–Kier alpha value is -0.660. The van der Waals surface area contributed by atoms with E-state index < -0.39 is 17.4 Å². The minimum absolute atomic E-state index is 0.111. The number of aliphatic hydroxyl groups excluding tert-OH is 1. The van der Waals surface area contributed by atoms with Crippen molar-refractivity contribution >= 4 is 35.5 Å². The maximum absolute atomic E-state index is 11.7. The molecule has 0 radical (unpaired) electrons. The van der Waals surface area contributed by atoms with Gasteiger partial charge in [-0.2, -0.15) is 0 Å². The summed E-state index contributed by atoms with van der Waals surface area (Å²) in [6, 6.07) is 0. The van der Waals surface area contributed by atoms with Gasteiger partial charge in [0, 0.05) is 5.75 Å². The number of carbonyl (C=O) groups excluding carboxylic acids is 2. The number of hydrogen-bond acceptors (Lipinski definition) is 7. The molecule has 5 nitrogen and oxygen atoms in total. The van der Waals surface area contributed by atoms with Crippen molar-refractivity contribution in [3.05, 3.63) is 9.81 Å². The van der Waals surface area contributed by atoms with E-state index in [0.29, 0.717) is 9.99 Å². The van der Waals surface area contributed by atoms with Crippen LogP contribution in [0.2, 0.25) is 0 Å². The summed E-state index contributed by atoms with van der Waals surface area (Å²) in [6.45, 7) is 3.70. The first-order valence-electron chi connectivity index (χ1n) is 5.16. The Balaban J connectivity index is 2.93. The molecule has 0 amide bonds. The zero-order chi connectivity index (χ0) is 12.8. The monoisotopic (exact) mass is 278 g/mol. The lowest BCUT2D eigenvalue weighted by Crippen LogP contribution is -2.19. The Morgan fingerprint density at radius 1 is 1.29 bits per heavy atom. The molecule has 96 valence electrons. The van der Waals surface area contributed by atoms with Gasteiger partial charge in [0.05, 0.1) is 17.5 Å². The smallest absolute Gasteiger partial charge is 0.347 e. The van der Waals surface area contributed by atoms with Crippen LogP contribution in [0.1, 0.15) is 13.8 Å². The molecule has 1 aliphatic heterocycles. The van der Waals surface area contributed by atoms with Gasteiger partial charge >= 0.3 is 11.9 Å². The molecule has 1 N–H and O–H groups in total. The molecular weight excluding hydrogens is 264 g/mol. The molecule has 1 atom stereocenters. The predicted octanol–water partition coefficient (Wildman–Crippen LogP) is 1.12. The first kappa shape index (κ1) is 14.4. The van der Waals surface area contributed by atoms with Gasteiger partial charge in [-0.3, -0.25) is 0 Å². The second-order valence-corrected chi connectivity index (χ2v) is 5.46. The molecule has 0 bridgehead atoms. The SMILES string of the molecule is CCOC(=O)C(C(=O)OCC)=C1SCC(O)S1. The molecule has 1 rings (SSSR count). The van der Waals surface area contributed by atoms with Gasteiger partial charge in [0.2, 0.25) is 0 Å². The van der Waals surface area contributed by atoms with E-state index in [1.165, 1.54) is 11.8 Å². The maximum Gasteiger partial charge on any atom is 0.347 e. The highest BCUT2D eigenvalue weighted by molar-refractivity contribution is 8.25. The van der Waals surface area contributed by atoms with Gasteiger partial charge in [0.1, 0.15) is 5.44 Å². The van der Waals surface area contributed by atoms with Crippen LogP contribution in [0, 0.1) is 0 Å². The molecule has 0 spiro atoms. The van der Waals surface area contributed by atoms with E-state index in [9.17, 15) is 14.7 Å². The largest absolute Gasteiger partial charge is 0.462 e. The highest BCUT2D eigenvalue weighted by Crippen LogP contribution is 2.42. The van der Waals surface area contributed by atoms with E-state index in [4.69, 9.17) is 9.47 Å². The van der Waals surface area contributed by atoms with Crippen LogP contribution >= 0.6 is 23.5 Å². The summed E-state index contributed by atoms with van der Waals surface area (Å²) < 4.78 is 10.1. The van der Waals surface area contributed by atoms with Gasteiger partial charge in [0.15, 0.2) is 5.57 Å². The quantitative estimate of drug-likeness (QED) is 0.357. The van der Waals surface area contributed by atoms with Gasteiger partial charge in [-0.15, -0.1) is 11.8 Å². The third-order valence-electron chi connectivity index (χ3n) is 1.76. The van der Waals surface area contributed by atoms with Crippen molar-refractivity contribution in [3.63, 3.8) is 0 Å². The lowest BCUT2D eigenvalue weighted by atomic mass is 10.3. The van der Waals surface area contributed by atoms with Crippen LogP contribution in [0.15, 0.2) is 9.81 Å². The van der Waals surface area contributed by atoms with Gasteiger partial charge in [0.25, 0.3) is 0 Å². The fraction of sp³-hybridized carbons (Fsp3) is 0.600. The van der Waals surface area contributed by atoms with E-state index in [0.717, 1.165) is 11.8 Å².